The Bertz CT molecular complexity index is 1260. The van der Waals surface area contributed by atoms with E-state index in [9.17, 15) is 14.9 Å². The van der Waals surface area contributed by atoms with Gasteiger partial charge in [-0.2, -0.15) is 0 Å². The molecule has 30 heavy (non-hydrogen) atoms. The summed E-state index contributed by atoms with van der Waals surface area (Å²) in [4.78, 5) is 27.8. The Labute approximate surface area is 171 Å². The molecule has 0 aliphatic heterocycles. The maximum Gasteiger partial charge on any atom is 0.311 e. The van der Waals surface area contributed by atoms with Gasteiger partial charge in [-0.25, -0.2) is 4.98 Å². The predicted octanol–water partition coefficient (Wildman–Crippen LogP) is 4.41. The van der Waals surface area contributed by atoms with Crippen molar-refractivity contribution in [2.75, 3.05) is 12.4 Å². The van der Waals surface area contributed by atoms with Gasteiger partial charge in [0.15, 0.2) is 5.75 Å². The van der Waals surface area contributed by atoms with Gasteiger partial charge in [0.1, 0.15) is 5.82 Å². The zero-order chi connectivity index (χ0) is 21.3. The second-order valence-electron chi connectivity index (χ2n) is 6.66. The summed E-state index contributed by atoms with van der Waals surface area (Å²) >= 11 is 0. The van der Waals surface area contributed by atoms with E-state index in [1.54, 1.807) is 12.1 Å². The average molecular weight is 402 g/mol. The molecule has 1 aromatic heterocycles. The molecule has 1 N–H and O–H groups in total. The molecule has 1 amide bonds. The number of nitro groups is 1. The monoisotopic (exact) mass is 402 g/mol. The fourth-order valence-corrected chi connectivity index (χ4v) is 3.28. The number of para-hydroxylation sites is 2. The van der Waals surface area contributed by atoms with E-state index in [4.69, 9.17) is 4.74 Å². The van der Waals surface area contributed by atoms with Crippen molar-refractivity contribution < 1.29 is 14.5 Å². The number of nitrogens with zero attached hydrogens (tertiary/aromatic N) is 3. The lowest BCUT2D eigenvalue weighted by Crippen LogP contribution is -2.12. The van der Waals surface area contributed by atoms with Crippen molar-refractivity contribution in [1.29, 1.82) is 0 Å². The molecule has 8 nitrogen and oxygen atoms in total. The minimum absolute atomic E-state index is 0.100. The third-order valence-electron chi connectivity index (χ3n) is 4.83. The molecule has 0 bridgehead atoms. The molecular weight excluding hydrogens is 384 g/mol. The molecule has 0 spiro atoms. The number of hydrogen-bond acceptors (Lipinski definition) is 5. The molecule has 150 valence electrons. The minimum Gasteiger partial charge on any atom is -0.490 e. The molecule has 0 atom stereocenters. The summed E-state index contributed by atoms with van der Waals surface area (Å²) in [5.74, 6) is 0.472. The summed E-state index contributed by atoms with van der Waals surface area (Å²) in [5, 5.41) is 13.9. The Morgan fingerprint density at radius 2 is 1.83 bits per heavy atom. The second kappa shape index (κ2) is 7.67. The smallest absolute Gasteiger partial charge is 0.311 e. The summed E-state index contributed by atoms with van der Waals surface area (Å²) in [6, 6.07) is 19.2. The van der Waals surface area contributed by atoms with Crippen LogP contribution in [-0.2, 0) is 7.05 Å². The van der Waals surface area contributed by atoms with Crippen LogP contribution >= 0.6 is 0 Å². The van der Waals surface area contributed by atoms with Gasteiger partial charge in [0.2, 0.25) is 0 Å². The highest BCUT2D eigenvalue weighted by molar-refractivity contribution is 6.05. The Hall–Kier alpha value is -4.20. The number of carbonyl (C=O) groups is 1. The van der Waals surface area contributed by atoms with Crippen molar-refractivity contribution in [3.8, 4) is 17.1 Å². The number of aryl methyl sites for hydroxylation is 1. The number of benzene rings is 3. The topological polar surface area (TPSA) is 99.3 Å². The van der Waals surface area contributed by atoms with Crippen LogP contribution < -0.4 is 10.1 Å². The maximum atomic E-state index is 12.5. The highest BCUT2D eigenvalue weighted by atomic mass is 16.6. The van der Waals surface area contributed by atoms with Crippen molar-refractivity contribution in [3.05, 3.63) is 82.4 Å². The van der Waals surface area contributed by atoms with Gasteiger partial charge in [-0.3, -0.25) is 14.9 Å². The molecule has 8 heteroatoms. The van der Waals surface area contributed by atoms with Crippen LogP contribution in [0, 0.1) is 10.1 Å². The molecular formula is C22H18N4O4. The lowest BCUT2D eigenvalue weighted by Gasteiger charge is -2.08. The van der Waals surface area contributed by atoms with Crippen molar-refractivity contribution in [3.63, 3.8) is 0 Å². The minimum atomic E-state index is -0.582. The number of nitro benzene ring substituents is 1. The lowest BCUT2D eigenvalue weighted by atomic mass is 10.1. The van der Waals surface area contributed by atoms with E-state index in [2.05, 4.69) is 10.3 Å². The van der Waals surface area contributed by atoms with Crippen LogP contribution in [0.15, 0.2) is 66.7 Å². The summed E-state index contributed by atoms with van der Waals surface area (Å²) in [7, 11) is 3.30. The Morgan fingerprint density at radius 1 is 1.10 bits per heavy atom. The molecule has 0 saturated heterocycles. The number of fused-ring (bicyclic) bond motifs is 1. The van der Waals surface area contributed by atoms with Gasteiger partial charge in [-0.1, -0.05) is 12.1 Å². The first-order chi connectivity index (χ1) is 14.5. The molecule has 0 fully saturated rings. The maximum absolute atomic E-state index is 12.5. The number of anilines is 1. The van der Waals surface area contributed by atoms with Crippen molar-refractivity contribution in [1.82, 2.24) is 9.55 Å². The number of nitrogens with one attached hydrogen (secondary N) is 1. The molecule has 4 aromatic rings. The van der Waals surface area contributed by atoms with Gasteiger partial charge in [-0.15, -0.1) is 0 Å². The molecule has 0 radical (unpaired) electrons. The quantitative estimate of drug-likeness (QED) is 0.394. The van der Waals surface area contributed by atoms with Crippen LogP contribution in [-0.4, -0.2) is 27.5 Å². The van der Waals surface area contributed by atoms with E-state index < -0.39 is 10.8 Å². The third-order valence-corrected chi connectivity index (χ3v) is 4.83. The number of imidazole rings is 1. The first-order valence-corrected chi connectivity index (χ1v) is 9.13. The summed E-state index contributed by atoms with van der Waals surface area (Å²) in [6.07, 6.45) is 0. The fourth-order valence-electron chi connectivity index (χ4n) is 3.28. The highest BCUT2D eigenvalue weighted by Crippen LogP contribution is 2.28. The van der Waals surface area contributed by atoms with Crippen LogP contribution in [0.3, 0.4) is 0 Å². The molecule has 0 saturated carbocycles. The van der Waals surface area contributed by atoms with Crippen LogP contribution in [0.1, 0.15) is 10.4 Å². The molecule has 4 rings (SSSR count). The van der Waals surface area contributed by atoms with Crippen LogP contribution in [0.4, 0.5) is 11.4 Å². The summed E-state index contributed by atoms with van der Waals surface area (Å²) in [6.45, 7) is 0. The van der Waals surface area contributed by atoms with E-state index in [-0.39, 0.29) is 17.0 Å². The van der Waals surface area contributed by atoms with Gasteiger partial charge < -0.3 is 14.6 Å². The van der Waals surface area contributed by atoms with Crippen molar-refractivity contribution >= 4 is 28.3 Å². The van der Waals surface area contributed by atoms with Gasteiger partial charge in [0.25, 0.3) is 5.91 Å². The zero-order valence-electron chi connectivity index (χ0n) is 16.3. The molecule has 0 aliphatic carbocycles. The van der Waals surface area contributed by atoms with E-state index in [1.165, 1.54) is 25.3 Å². The summed E-state index contributed by atoms with van der Waals surface area (Å²) < 4.78 is 6.98. The van der Waals surface area contributed by atoms with Gasteiger partial charge in [-0.05, 0) is 48.5 Å². The molecule has 0 aliphatic rings. The van der Waals surface area contributed by atoms with E-state index in [0.29, 0.717) is 5.69 Å². The Morgan fingerprint density at radius 3 is 2.50 bits per heavy atom. The van der Waals surface area contributed by atoms with Gasteiger partial charge in [0, 0.05) is 29.9 Å². The standard InChI is InChI=1S/C22H18N4O4/c1-25-18-6-4-3-5-17(18)24-21(25)14-7-10-16(11-8-14)23-22(27)15-9-12-20(30-2)19(13-15)26(28)29/h3-13H,1-2H3,(H,23,27). The predicted molar refractivity (Wildman–Crippen MR) is 114 cm³/mol. The van der Waals surface area contributed by atoms with Crippen LogP contribution in [0.2, 0.25) is 0 Å². The van der Waals surface area contributed by atoms with Crippen molar-refractivity contribution in [2.24, 2.45) is 7.05 Å². The zero-order valence-corrected chi connectivity index (χ0v) is 16.3. The fraction of sp³-hybridized carbons (Fsp3) is 0.0909. The number of aromatic nitrogens is 2. The van der Waals surface area contributed by atoms with Gasteiger partial charge >= 0.3 is 5.69 Å². The van der Waals surface area contributed by atoms with Crippen LogP contribution in [0.25, 0.3) is 22.4 Å². The van der Waals surface area contributed by atoms with Gasteiger partial charge in [0.05, 0.1) is 23.1 Å². The number of ether oxygens (including phenoxy) is 1. The largest absolute Gasteiger partial charge is 0.490 e. The van der Waals surface area contributed by atoms with E-state index in [1.807, 2.05) is 48.0 Å². The first-order valence-electron chi connectivity index (χ1n) is 9.13. The average Bonchev–Trinajstić information content (AvgIpc) is 3.10. The van der Waals surface area contributed by atoms with Crippen LogP contribution in [0.5, 0.6) is 5.75 Å². The van der Waals surface area contributed by atoms with Crippen molar-refractivity contribution in [2.45, 2.75) is 0 Å². The summed E-state index contributed by atoms with van der Waals surface area (Å²) in [5.41, 5.74) is 3.33. The van der Waals surface area contributed by atoms with E-state index in [0.717, 1.165) is 22.4 Å². The normalized spacial score (nSPS) is 10.7. The SMILES string of the molecule is COc1ccc(C(=O)Nc2ccc(-c3nc4ccccc4n3C)cc2)cc1[N+](=O)[O-]. The number of methoxy groups -OCH3 is 1. The number of amides is 1. The Balaban J connectivity index is 1.56. The highest BCUT2D eigenvalue weighted by Gasteiger charge is 2.18. The molecule has 3 aromatic carbocycles. The second-order valence-corrected chi connectivity index (χ2v) is 6.66. The molecule has 0 unspecified atom stereocenters. The first kappa shape index (κ1) is 19.1. The molecule has 1 heterocycles. The Kier molecular flexibility index (Phi) is 4.89. The lowest BCUT2D eigenvalue weighted by molar-refractivity contribution is -0.385. The number of carbonyl (C=O) groups excluding carboxylic acids is 1. The number of rotatable bonds is 5. The third kappa shape index (κ3) is 3.46. The van der Waals surface area contributed by atoms with E-state index >= 15 is 0 Å². The number of hydrogen-bond donors (Lipinski definition) is 1.